The maximum atomic E-state index is 9.25. The largest absolute Gasteiger partial charge is 0.508 e. The molecule has 0 aromatic heterocycles. The Kier molecular flexibility index (Phi) is 4.25. The highest BCUT2D eigenvalue weighted by Crippen LogP contribution is 2.23. The van der Waals surface area contributed by atoms with Crippen LogP contribution in [0.3, 0.4) is 0 Å². The molecule has 0 heterocycles. The lowest BCUT2D eigenvalue weighted by molar-refractivity contribution is 0.474. The molecule has 0 bridgehead atoms. The van der Waals surface area contributed by atoms with Crippen molar-refractivity contribution in [3.63, 3.8) is 0 Å². The van der Waals surface area contributed by atoms with Crippen LogP contribution in [0.5, 0.6) is 5.75 Å². The van der Waals surface area contributed by atoms with E-state index in [-0.39, 0.29) is 0 Å². The summed E-state index contributed by atoms with van der Waals surface area (Å²) in [6, 6.07) is 5.34. The first kappa shape index (κ1) is 10.5. The van der Waals surface area contributed by atoms with Gasteiger partial charge >= 0.3 is 0 Å². The van der Waals surface area contributed by atoms with Gasteiger partial charge in [0.25, 0.3) is 0 Å². The van der Waals surface area contributed by atoms with Gasteiger partial charge in [-0.3, -0.25) is 0 Å². The van der Waals surface area contributed by atoms with Crippen molar-refractivity contribution in [2.24, 2.45) is 5.73 Å². The van der Waals surface area contributed by atoms with Crippen LogP contribution in [0, 0.1) is 0 Å². The summed E-state index contributed by atoms with van der Waals surface area (Å²) in [5, 5.41) is 9.25. The van der Waals surface area contributed by atoms with Crippen molar-refractivity contribution in [2.45, 2.75) is 19.3 Å². The molecule has 0 atom stereocenters. The van der Waals surface area contributed by atoms with Crippen LogP contribution in [0.4, 0.5) is 0 Å². The van der Waals surface area contributed by atoms with E-state index < -0.39 is 0 Å². The maximum absolute atomic E-state index is 9.25. The predicted molar refractivity (Wildman–Crippen MR) is 57.8 cm³/mol. The van der Waals surface area contributed by atoms with Gasteiger partial charge in [-0.05, 0) is 49.6 Å². The topological polar surface area (TPSA) is 46.2 Å². The molecule has 0 unspecified atom stereocenters. The van der Waals surface area contributed by atoms with Crippen molar-refractivity contribution < 1.29 is 5.11 Å². The van der Waals surface area contributed by atoms with Crippen LogP contribution in [0.25, 0.3) is 0 Å². The smallest absolute Gasteiger partial charge is 0.115 e. The summed E-state index contributed by atoms with van der Waals surface area (Å²) < 4.78 is 1.06. The molecule has 0 spiro atoms. The minimum Gasteiger partial charge on any atom is -0.508 e. The molecule has 1 aromatic carbocycles. The van der Waals surface area contributed by atoms with E-state index in [0.29, 0.717) is 5.75 Å². The van der Waals surface area contributed by atoms with E-state index >= 15 is 0 Å². The Morgan fingerprint density at radius 1 is 1.31 bits per heavy atom. The molecule has 13 heavy (non-hydrogen) atoms. The second kappa shape index (κ2) is 5.25. The Balaban J connectivity index is 2.59. The van der Waals surface area contributed by atoms with Gasteiger partial charge in [0, 0.05) is 4.47 Å². The molecule has 1 rings (SSSR count). The van der Waals surface area contributed by atoms with Crippen molar-refractivity contribution in [1.82, 2.24) is 0 Å². The fourth-order valence-electron chi connectivity index (χ4n) is 1.21. The normalized spacial score (nSPS) is 10.3. The Morgan fingerprint density at radius 3 is 2.77 bits per heavy atom. The highest BCUT2D eigenvalue weighted by molar-refractivity contribution is 9.10. The van der Waals surface area contributed by atoms with Crippen molar-refractivity contribution in [3.05, 3.63) is 28.2 Å². The van der Waals surface area contributed by atoms with Crippen LogP contribution in [0.1, 0.15) is 18.4 Å². The third kappa shape index (κ3) is 3.36. The van der Waals surface area contributed by atoms with E-state index in [1.54, 1.807) is 12.1 Å². The summed E-state index contributed by atoms with van der Waals surface area (Å²) in [6.45, 7) is 0.733. The fourth-order valence-corrected chi connectivity index (χ4v) is 1.66. The summed E-state index contributed by atoms with van der Waals surface area (Å²) in [7, 11) is 0. The molecule has 1 aromatic rings. The summed E-state index contributed by atoms with van der Waals surface area (Å²) in [5.74, 6) is 0.325. The van der Waals surface area contributed by atoms with Gasteiger partial charge in [0.05, 0.1) is 0 Å². The molecule has 72 valence electrons. The van der Waals surface area contributed by atoms with Crippen LogP contribution in [0.2, 0.25) is 0 Å². The van der Waals surface area contributed by atoms with Crippen LogP contribution in [-0.4, -0.2) is 11.7 Å². The van der Waals surface area contributed by atoms with Crippen molar-refractivity contribution in [2.75, 3.05) is 6.54 Å². The molecule has 0 aliphatic carbocycles. The lowest BCUT2D eigenvalue weighted by Crippen LogP contribution is -1.99. The molecule has 0 radical (unpaired) electrons. The Hall–Kier alpha value is -0.540. The monoisotopic (exact) mass is 243 g/mol. The minimum absolute atomic E-state index is 0.325. The van der Waals surface area contributed by atoms with Crippen LogP contribution >= 0.6 is 15.9 Å². The average Bonchev–Trinajstić information content (AvgIpc) is 2.11. The summed E-state index contributed by atoms with van der Waals surface area (Å²) in [4.78, 5) is 0. The highest BCUT2D eigenvalue weighted by Gasteiger charge is 2.00. The molecule has 0 aliphatic heterocycles. The number of rotatable bonds is 4. The Labute approximate surface area is 86.9 Å². The third-order valence-electron chi connectivity index (χ3n) is 1.93. The quantitative estimate of drug-likeness (QED) is 0.799. The second-order valence-electron chi connectivity index (χ2n) is 3.02. The predicted octanol–water partition coefficient (Wildman–Crippen LogP) is 2.44. The van der Waals surface area contributed by atoms with Gasteiger partial charge in [0.15, 0.2) is 0 Å². The first-order chi connectivity index (χ1) is 6.24. The zero-order valence-corrected chi connectivity index (χ0v) is 9.05. The molecule has 0 aliphatic rings. The average molecular weight is 244 g/mol. The zero-order valence-electron chi connectivity index (χ0n) is 7.46. The summed E-state index contributed by atoms with van der Waals surface area (Å²) >= 11 is 3.44. The molecule has 3 heteroatoms. The van der Waals surface area contributed by atoms with Gasteiger partial charge < -0.3 is 10.8 Å². The summed E-state index contributed by atoms with van der Waals surface area (Å²) in [5.41, 5.74) is 6.55. The highest BCUT2D eigenvalue weighted by atomic mass is 79.9. The van der Waals surface area contributed by atoms with Gasteiger partial charge in [0.2, 0.25) is 0 Å². The number of unbranched alkanes of at least 4 members (excludes halogenated alkanes) is 1. The number of hydrogen-bond acceptors (Lipinski definition) is 2. The van der Waals surface area contributed by atoms with E-state index in [9.17, 15) is 5.11 Å². The Morgan fingerprint density at radius 2 is 2.08 bits per heavy atom. The van der Waals surface area contributed by atoms with Crippen LogP contribution in [0.15, 0.2) is 22.7 Å². The molecule has 3 N–H and O–H groups in total. The lowest BCUT2D eigenvalue weighted by Gasteiger charge is -2.04. The molecule has 0 fully saturated rings. The minimum atomic E-state index is 0.325. The number of halogens is 1. The van der Waals surface area contributed by atoms with Crippen LogP contribution < -0.4 is 5.73 Å². The van der Waals surface area contributed by atoms with E-state index in [0.717, 1.165) is 35.8 Å². The van der Waals surface area contributed by atoms with E-state index in [1.165, 1.54) is 0 Å². The molecular formula is C10H14BrNO. The van der Waals surface area contributed by atoms with Gasteiger partial charge in [0.1, 0.15) is 5.75 Å². The van der Waals surface area contributed by atoms with Gasteiger partial charge in [-0.1, -0.05) is 15.9 Å². The molecule has 2 nitrogen and oxygen atoms in total. The molecule has 0 saturated carbocycles. The van der Waals surface area contributed by atoms with Gasteiger partial charge in [-0.25, -0.2) is 0 Å². The lowest BCUT2D eigenvalue weighted by atomic mass is 10.1. The first-order valence-corrected chi connectivity index (χ1v) is 5.21. The third-order valence-corrected chi connectivity index (χ3v) is 2.70. The molecule has 0 saturated heterocycles. The van der Waals surface area contributed by atoms with Gasteiger partial charge in [-0.15, -0.1) is 0 Å². The first-order valence-electron chi connectivity index (χ1n) is 4.41. The van der Waals surface area contributed by atoms with E-state index in [1.807, 2.05) is 6.07 Å². The number of nitrogens with two attached hydrogens (primary N) is 1. The van der Waals surface area contributed by atoms with E-state index in [4.69, 9.17) is 5.73 Å². The van der Waals surface area contributed by atoms with Gasteiger partial charge in [-0.2, -0.15) is 0 Å². The maximum Gasteiger partial charge on any atom is 0.115 e. The Bertz CT molecular complexity index is 276. The number of phenols is 1. The second-order valence-corrected chi connectivity index (χ2v) is 3.88. The number of aryl methyl sites for hydroxylation is 1. The number of aromatic hydroxyl groups is 1. The standard InChI is InChI=1S/C10H14BrNO/c11-10-5-4-9(13)7-8(10)3-1-2-6-12/h4-5,7,13H,1-3,6,12H2. The molecule has 0 amide bonds. The van der Waals surface area contributed by atoms with Crippen molar-refractivity contribution in [3.8, 4) is 5.75 Å². The SMILES string of the molecule is NCCCCc1cc(O)ccc1Br. The number of hydrogen-bond donors (Lipinski definition) is 2. The van der Waals surface area contributed by atoms with E-state index in [2.05, 4.69) is 15.9 Å². The fraction of sp³-hybridized carbons (Fsp3) is 0.400. The van der Waals surface area contributed by atoms with Crippen molar-refractivity contribution in [1.29, 1.82) is 0 Å². The number of phenolic OH excluding ortho intramolecular Hbond substituents is 1. The zero-order chi connectivity index (χ0) is 9.68. The van der Waals surface area contributed by atoms with Crippen LogP contribution in [-0.2, 0) is 6.42 Å². The summed E-state index contributed by atoms with van der Waals surface area (Å²) in [6.07, 6.45) is 3.06. The molecular weight excluding hydrogens is 230 g/mol. The van der Waals surface area contributed by atoms with Crippen molar-refractivity contribution >= 4 is 15.9 Å². The number of benzene rings is 1.